The van der Waals surface area contributed by atoms with Crippen LogP contribution in [0.25, 0.3) is 0 Å². The number of amides is 3. The van der Waals surface area contributed by atoms with Gasteiger partial charge in [0.05, 0.1) is 5.92 Å². The standard InChI is InChI=1S/C28H42N4O4/c1-28(2,3)36-27(35)29-23-6-5-7-24(23)31(4)18-19-14-16-32(17-15-19)21-10-8-20(9-11-21)22-12-13-25(33)30-26(22)34/h8-11,19,22-24H,5-7,12-18H2,1-4H3,(H,29,35)(H,30,33,34)/t22?,23-,24+/m0/s1. The first-order valence-corrected chi connectivity index (χ1v) is 13.5. The number of alkyl carbamates (subject to hydrolysis) is 1. The molecule has 3 amide bonds. The van der Waals surface area contributed by atoms with Crippen LogP contribution in [0, 0.1) is 5.92 Å². The summed E-state index contributed by atoms with van der Waals surface area (Å²) in [5.74, 6) is 0.0397. The fraction of sp³-hybridized carbons (Fsp3) is 0.679. The van der Waals surface area contributed by atoms with Crippen LogP contribution in [0.3, 0.4) is 0 Å². The van der Waals surface area contributed by atoms with Gasteiger partial charge in [-0.05, 0) is 90.0 Å². The van der Waals surface area contributed by atoms with Gasteiger partial charge >= 0.3 is 6.09 Å². The van der Waals surface area contributed by atoms with E-state index in [1.165, 1.54) is 5.69 Å². The van der Waals surface area contributed by atoms with Gasteiger partial charge in [0.15, 0.2) is 0 Å². The van der Waals surface area contributed by atoms with Crippen molar-refractivity contribution in [2.24, 2.45) is 5.92 Å². The Bertz CT molecular complexity index is 934. The van der Waals surface area contributed by atoms with Crippen LogP contribution in [0.15, 0.2) is 24.3 Å². The summed E-state index contributed by atoms with van der Waals surface area (Å²) in [4.78, 5) is 40.8. The minimum absolute atomic E-state index is 0.146. The predicted molar refractivity (Wildman–Crippen MR) is 140 cm³/mol. The number of benzene rings is 1. The number of nitrogens with zero attached hydrogens (tertiary/aromatic N) is 2. The Labute approximate surface area is 215 Å². The van der Waals surface area contributed by atoms with Crippen molar-refractivity contribution in [3.05, 3.63) is 29.8 Å². The van der Waals surface area contributed by atoms with E-state index in [2.05, 4.69) is 39.6 Å². The third-order valence-electron chi connectivity index (χ3n) is 7.81. The van der Waals surface area contributed by atoms with Gasteiger partial charge in [0.25, 0.3) is 0 Å². The normalized spacial score (nSPS) is 25.7. The van der Waals surface area contributed by atoms with Crippen LogP contribution in [-0.4, -0.2) is 67.2 Å². The molecule has 3 atom stereocenters. The van der Waals surface area contributed by atoms with Crippen LogP contribution in [-0.2, 0) is 14.3 Å². The molecule has 8 heteroatoms. The Morgan fingerprint density at radius 3 is 2.42 bits per heavy atom. The molecule has 8 nitrogen and oxygen atoms in total. The van der Waals surface area contributed by atoms with Gasteiger partial charge in [0, 0.05) is 43.8 Å². The van der Waals surface area contributed by atoms with E-state index in [-0.39, 0.29) is 29.9 Å². The predicted octanol–water partition coefficient (Wildman–Crippen LogP) is 3.80. The lowest BCUT2D eigenvalue weighted by atomic mass is 9.90. The molecule has 0 bridgehead atoms. The number of carbonyl (C=O) groups is 3. The number of piperidine rings is 2. The smallest absolute Gasteiger partial charge is 0.407 e. The van der Waals surface area contributed by atoms with Gasteiger partial charge in [-0.2, -0.15) is 0 Å². The van der Waals surface area contributed by atoms with Crippen molar-refractivity contribution >= 4 is 23.6 Å². The maximum absolute atomic E-state index is 12.3. The number of hydrogen-bond donors (Lipinski definition) is 2. The molecule has 2 N–H and O–H groups in total. The average molecular weight is 499 g/mol. The number of anilines is 1. The van der Waals surface area contributed by atoms with Crippen molar-refractivity contribution in [3.8, 4) is 0 Å². The van der Waals surface area contributed by atoms with Crippen molar-refractivity contribution in [1.82, 2.24) is 15.5 Å². The first-order chi connectivity index (χ1) is 17.1. The molecule has 0 spiro atoms. The van der Waals surface area contributed by atoms with Gasteiger partial charge < -0.3 is 19.9 Å². The Morgan fingerprint density at radius 2 is 1.78 bits per heavy atom. The van der Waals surface area contributed by atoms with E-state index in [1.54, 1.807) is 0 Å². The lowest BCUT2D eigenvalue weighted by Gasteiger charge is -2.38. The van der Waals surface area contributed by atoms with Crippen molar-refractivity contribution in [2.45, 2.75) is 89.3 Å². The molecule has 1 unspecified atom stereocenters. The largest absolute Gasteiger partial charge is 0.444 e. The van der Waals surface area contributed by atoms with E-state index in [0.29, 0.717) is 24.8 Å². The second-order valence-corrected chi connectivity index (χ2v) is 11.7. The highest BCUT2D eigenvalue weighted by Gasteiger charge is 2.34. The highest BCUT2D eigenvalue weighted by atomic mass is 16.6. The molecule has 3 aliphatic rings. The van der Waals surface area contributed by atoms with Gasteiger partial charge in [-0.15, -0.1) is 0 Å². The second-order valence-electron chi connectivity index (χ2n) is 11.7. The zero-order valence-electron chi connectivity index (χ0n) is 22.2. The number of likely N-dealkylation sites (N-methyl/N-ethyl adjacent to an activating group) is 1. The summed E-state index contributed by atoms with van der Waals surface area (Å²) in [6.45, 7) is 8.75. The van der Waals surface area contributed by atoms with Crippen molar-refractivity contribution < 1.29 is 19.1 Å². The first kappa shape index (κ1) is 26.5. The lowest BCUT2D eigenvalue weighted by Crippen LogP contribution is -2.50. The highest BCUT2D eigenvalue weighted by Crippen LogP contribution is 2.30. The monoisotopic (exact) mass is 498 g/mol. The molecule has 1 aromatic rings. The fourth-order valence-electron chi connectivity index (χ4n) is 5.94. The third-order valence-corrected chi connectivity index (χ3v) is 7.81. The molecule has 1 aliphatic carbocycles. The summed E-state index contributed by atoms with van der Waals surface area (Å²) in [6, 6.07) is 8.79. The molecule has 0 aromatic heterocycles. The second kappa shape index (κ2) is 11.2. The zero-order chi connectivity index (χ0) is 25.9. The van der Waals surface area contributed by atoms with E-state index in [0.717, 1.165) is 57.3 Å². The Morgan fingerprint density at radius 1 is 1.08 bits per heavy atom. The van der Waals surface area contributed by atoms with Crippen LogP contribution in [0.5, 0.6) is 0 Å². The minimum Gasteiger partial charge on any atom is -0.444 e. The molecule has 3 fully saturated rings. The fourth-order valence-corrected chi connectivity index (χ4v) is 5.94. The molecule has 1 aromatic carbocycles. The van der Waals surface area contributed by atoms with Crippen LogP contribution in [0.4, 0.5) is 10.5 Å². The maximum atomic E-state index is 12.3. The maximum Gasteiger partial charge on any atom is 0.407 e. The number of rotatable bonds is 6. The number of carbonyl (C=O) groups excluding carboxylic acids is 3. The number of ether oxygens (including phenoxy) is 1. The van der Waals surface area contributed by atoms with Crippen molar-refractivity contribution in [2.75, 3.05) is 31.6 Å². The van der Waals surface area contributed by atoms with Crippen LogP contribution in [0.1, 0.15) is 77.2 Å². The van der Waals surface area contributed by atoms with E-state index in [4.69, 9.17) is 4.74 Å². The molecule has 2 saturated heterocycles. The molecule has 4 rings (SSSR count). The van der Waals surface area contributed by atoms with E-state index < -0.39 is 5.60 Å². The molecular formula is C28H42N4O4. The van der Waals surface area contributed by atoms with Crippen LogP contribution >= 0.6 is 0 Å². The molecule has 198 valence electrons. The highest BCUT2D eigenvalue weighted by molar-refractivity contribution is 6.00. The van der Waals surface area contributed by atoms with Gasteiger partial charge in [-0.25, -0.2) is 4.79 Å². The topological polar surface area (TPSA) is 91.0 Å². The molecule has 2 aliphatic heterocycles. The Kier molecular flexibility index (Phi) is 8.23. The summed E-state index contributed by atoms with van der Waals surface area (Å²) in [5.41, 5.74) is 1.69. The summed E-state index contributed by atoms with van der Waals surface area (Å²) < 4.78 is 5.48. The molecule has 0 radical (unpaired) electrons. The minimum atomic E-state index is -0.483. The Balaban J connectivity index is 1.24. The summed E-state index contributed by atoms with van der Waals surface area (Å²) in [5, 5.41) is 5.56. The molecular weight excluding hydrogens is 456 g/mol. The van der Waals surface area contributed by atoms with Crippen molar-refractivity contribution in [3.63, 3.8) is 0 Å². The number of hydrogen-bond acceptors (Lipinski definition) is 6. The average Bonchev–Trinajstić information content (AvgIpc) is 3.27. The Hall–Kier alpha value is -2.61. The quantitative estimate of drug-likeness (QED) is 0.580. The number of nitrogens with one attached hydrogen (secondary N) is 2. The summed E-state index contributed by atoms with van der Waals surface area (Å²) in [6.07, 6.45) is 6.17. The molecule has 1 saturated carbocycles. The van der Waals surface area contributed by atoms with Gasteiger partial charge in [-0.1, -0.05) is 12.1 Å². The SMILES string of the molecule is CN(CC1CCN(c2ccc(C3CCC(=O)NC3=O)cc2)CC1)[C@@H]1CCC[C@@H]1NC(=O)OC(C)(C)C. The van der Waals surface area contributed by atoms with Gasteiger partial charge in [-0.3, -0.25) is 14.9 Å². The third kappa shape index (κ3) is 6.78. The summed E-state index contributed by atoms with van der Waals surface area (Å²) >= 11 is 0. The molecule has 2 heterocycles. The van der Waals surface area contributed by atoms with Gasteiger partial charge in [0.2, 0.25) is 11.8 Å². The lowest BCUT2D eigenvalue weighted by molar-refractivity contribution is -0.134. The number of imide groups is 1. The first-order valence-electron chi connectivity index (χ1n) is 13.5. The van der Waals surface area contributed by atoms with Crippen LogP contribution < -0.4 is 15.5 Å². The zero-order valence-corrected chi connectivity index (χ0v) is 22.2. The van der Waals surface area contributed by atoms with E-state index >= 15 is 0 Å². The van der Waals surface area contributed by atoms with E-state index in [9.17, 15) is 14.4 Å². The summed E-state index contributed by atoms with van der Waals surface area (Å²) in [7, 11) is 2.19. The van der Waals surface area contributed by atoms with Crippen molar-refractivity contribution in [1.29, 1.82) is 0 Å². The van der Waals surface area contributed by atoms with Gasteiger partial charge in [0.1, 0.15) is 5.60 Å². The molecule has 36 heavy (non-hydrogen) atoms. The van der Waals surface area contributed by atoms with E-state index in [1.807, 2.05) is 32.9 Å². The van der Waals surface area contributed by atoms with Crippen LogP contribution in [0.2, 0.25) is 0 Å².